The number of hydrogen-bond acceptors (Lipinski definition) is 14. The minimum absolute atomic E-state index is 0.0190. The van der Waals surface area contributed by atoms with Crippen molar-refractivity contribution in [3.05, 3.63) is 0 Å². The zero-order valence-corrected chi connectivity index (χ0v) is 28.0. The Labute approximate surface area is 273 Å². The van der Waals surface area contributed by atoms with Gasteiger partial charge in [0.2, 0.25) is 5.91 Å². The standard InChI is InChI=1S/C30H58N4O12/c1-30(2,3)46-29(38)34-45-23-22-43-20-21-44-24-28(37)33-26(27(36)7-5-13-40-17-19-42-15-11-32)9-8-25(35)6-4-12-39-16-18-41-14-10-31/h26H,4-24,31-32H2,1-3H3,(H,33,37)(H,34,38)/t26-/m1/s1. The lowest BCUT2D eigenvalue weighted by Gasteiger charge is -2.19. The fraction of sp³-hybridized carbons (Fsp3) is 0.867. The van der Waals surface area contributed by atoms with E-state index in [1.807, 2.05) is 0 Å². The summed E-state index contributed by atoms with van der Waals surface area (Å²) in [6.07, 6.45) is 1.14. The Kier molecular flexibility index (Phi) is 28.6. The van der Waals surface area contributed by atoms with Crippen LogP contribution in [0.4, 0.5) is 4.79 Å². The van der Waals surface area contributed by atoms with Crippen LogP contribution in [0.1, 0.15) is 59.3 Å². The van der Waals surface area contributed by atoms with Crippen LogP contribution in [-0.2, 0) is 52.4 Å². The Morgan fingerprint density at radius 1 is 0.630 bits per heavy atom. The maximum atomic E-state index is 12.9. The summed E-state index contributed by atoms with van der Waals surface area (Å²) in [5, 5.41) is 2.69. The lowest BCUT2D eigenvalue weighted by molar-refractivity contribution is -0.131. The van der Waals surface area contributed by atoms with Crippen molar-refractivity contribution in [1.82, 2.24) is 10.8 Å². The van der Waals surface area contributed by atoms with Gasteiger partial charge >= 0.3 is 6.09 Å². The topological polar surface area (TPSA) is 218 Å². The molecule has 0 saturated carbocycles. The summed E-state index contributed by atoms with van der Waals surface area (Å²) in [6.45, 7) is 9.79. The third-order valence-electron chi connectivity index (χ3n) is 5.65. The lowest BCUT2D eigenvalue weighted by Crippen LogP contribution is -2.43. The van der Waals surface area contributed by atoms with Crippen LogP contribution in [0.5, 0.6) is 0 Å². The number of carbonyl (C=O) groups is 4. The Hall–Kier alpha value is -2.28. The molecule has 0 aromatic heterocycles. The van der Waals surface area contributed by atoms with Gasteiger partial charge in [0.25, 0.3) is 0 Å². The molecule has 270 valence electrons. The van der Waals surface area contributed by atoms with Gasteiger partial charge in [0.15, 0.2) is 5.78 Å². The number of nitrogens with two attached hydrogens (primary N) is 2. The summed E-state index contributed by atoms with van der Waals surface area (Å²) in [7, 11) is 0. The molecule has 0 bridgehead atoms. The molecule has 0 aliphatic rings. The maximum Gasteiger partial charge on any atom is 0.431 e. The molecule has 2 amide bonds. The van der Waals surface area contributed by atoms with Gasteiger partial charge in [0.1, 0.15) is 18.0 Å². The van der Waals surface area contributed by atoms with Crippen molar-refractivity contribution in [2.75, 3.05) is 99.0 Å². The first kappa shape index (κ1) is 43.7. The van der Waals surface area contributed by atoms with Gasteiger partial charge in [0.05, 0.1) is 72.1 Å². The van der Waals surface area contributed by atoms with Crippen molar-refractivity contribution < 1.29 is 57.2 Å². The van der Waals surface area contributed by atoms with Gasteiger partial charge in [-0.05, 0) is 40.0 Å². The second-order valence-corrected chi connectivity index (χ2v) is 11.0. The van der Waals surface area contributed by atoms with Crippen LogP contribution in [0, 0.1) is 0 Å². The first-order valence-corrected chi connectivity index (χ1v) is 15.9. The summed E-state index contributed by atoms with van der Waals surface area (Å²) in [5.41, 5.74) is 12.2. The third-order valence-corrected chi connectivity index (χ3v) is 5.65. The molecule has 1 atom stereocenters. The van der Waals surface area contributed by atoms with E-state index in [9.17, 15) is 19.2 Å². The molecule has 16 nitrogen and oxygen atoms in total. The van der Waals surface area contributed by atoms with E-state index < -0.39 is 23.6 Å². The highest BCUT2D eigenvalue weighted by Crippen LogP contribution is 2.08. The summed E-state index contributed by atoms with van der Waals surface area (Å²) >= 11 is 0. The van der Waals surface area contributed by atoms with Crippen molar-refractivity contribution in [2.45, 2.75) is 70.9 Å². The number of carbonyl (C=O) groups excluding carboxylic acids is 4. The SMILES string of the molecule is CC(C)(C)OC(=O)NOCCOCCOCC(=O)N[C@H](CCC(=O)CCCOCCOCCN)C(=O)CCCOCCOCCN. The van der Waals surface area contributed by atoms with Crippen LogP contribution in [0.3, 0.4) is 0 Å². The Morgan fingerprint density at radius 3 is 1.70 bits per heavy atom. The highest BCUT2D eigenvalue weighted by Gasteiger charge is 2.21. The van der Waals surface area contributed by atoms with Crippen LogP contribution in [0.25, 0.3) is 0 Å². The van der Waals surface area contributed by atoms with E-state index in [0.29, 0.717) is 85.2 Å². The number of hydroxylamine groups is 1. The molecule has 0 aromatic carbocycles. The second-order valence-electron chi connectivity index (χ2n) is 11.0. The van der Waals surface area contributed by atoms with Gasteiger partial charge in [-0.2, -0.15) is 5.48 Å². The van der Waals surface area contributed by atoms with E-state index >= 15 is 0 Å². The van der Waals surface area contributed by atoms with E-state index in [-0.39, 0.29) is 63.9 Å². The van der Waals surface area contributed by atoms with Gasteiger partial charge in [0, 0.05) is 45.6 Å². The number of ketones is 2. The van der Waals surface area contributed by atoms with Gasteiger partial charge in [-0.1, -0.05) is 0 Å². The molecule has 6 N–H and O–H groups in total. The van der Waals surface area contributed by atoms with E-state index in [4.69, 9.17) is 49.5 Å². The molecule has 0 unspecified atom stereocenters. The van der Waals surface area contributed by atoms with E-state index in [2.05, 4.69) is 10.8 Å². The van der Waals surface area contributed by atoms with E-state index in [0.717, 1.165) is 0 Å². The third kappa shape index (κ3) is 30.4. The molecule has 16 heteroatoms. The number of amides is 2. The van der Waals surface area contributed by atoms with Gasteiger partial charge in [-0.15, -0.1) is 0 Å². The highest BCUT2D eigenvalue weighted by atomic mass is 16.7. The maximum absolute atomic E-state index is 12.9. The van der Waals surface area contributed by atoms with Crippen LogP contribution < -0.4 is 22.3 Å². The lowest BCUT2D eigenvalue weighted by atomic mass is 10.00. The molecular formula is C30H58N4O12. The molecule has 0 aromatic rings. The second kappa shape index (κ2) is 30.1. The number of ether oxygens (including phenoxy) is 7. The van der Waals surface area contributed by atoms with E-state index in [1.54, 1.807) is 20.8 Å². The Balaban J connectivity index is 4.39. The minimum atomic E-state index is -0.824. The molecule has 0 saturated heterocycles. The quantitative estimate of drug-likeness (QED) is 0.0565. The number of hydrogen-bond donors (Lipinski definition) is 4. The molecule has 0 aliphatic heterocycles. The fourth-order valence-electron chi connectivity index (χ4n) is 3.58. The molecule has 0 radical (unpaired) electrons. The van der Waals surface area contributed by atoms with Gasteiger partial charge in [-0.25, -0.2) is 4.79 Å². The van der Waals surface area contributed by atoms with Crippen molar-refractivity contribution in [3.63, 3.8) is 0 Å². The van der Waals surface area contributed by atoms with Gasteiger partial charge in [-0.3, -0.25) is 19.2 Å². The summed E-state index contributed by atoms with van der Waals surface area (Å²) < 4.78 is 37.1. The van der Waals surface area contributed by atoms with Crippen LogP contribution in [-0.4, -0.2) is 134 Å². The number of nitrogens with one attached hydrogen (secondary N) is 2. The molecule has 0 fully saturated rings. The average Bonchev–Trinajstić information content (AvgIpc) is 3.00. The fourth-order valence-corrected chi connectivity index (χ4v) is 3.58. The Morgan fingerprint density at radius 2 is 1.13 bits per heavy atom. The largest absolute Gasteiger partial charge is 0.442 e. The Bertz CT molecular complexity index is 798. The van der Waals surface area contributed by atoms with Crippen molar-refractivity contribution >= 4 is 23.6 Å². The molecule has 46 heavy (non-hydrogen) atoms. The van der Waals surface area contributed by atoms with Crippen molar-refractivity contribution in [2.24, 2.45) is 11.5 Å². The zero-order chi connectivity index (χ0) is 34.3. The molecule has 0 aliphatic carbocycles. The summed E-state index contributed by atoms with van der Waals surface area (Å²) in [4.78, 5) is 54.3. The average molecular weight is 667 g/mol. The molecule has 0 rings (SSSR count). The first-order chi connectivity index (χ1) is 22.1. The molecule has 0 heterocycles. The smallest absolute Gasteiger partial charge is 0.431 e. The monoisotopic (exact) mass is 666 g/mol. The zero-order valence-electron chi connectivity index (χ0n) is 28.0. The number of Topliss-reactive ketones (excluding diaryl/α,β-unsaturated/α-hetero) is 2. The van der Waals surface area contributed by atoms with E-state index in [1.165, 1.54) is 0 Å². The van der Waals surface area contributed by atoms with Crippen LogP contribution in [0.2, 0.25) is 0 Å². The van der Waals surface area contributed by atoms with Crippen molar-refractivity contribution in [1.29, 1.82) is 0 Å². The van der Waals surface area contributed by atoms with Gasteiger partial charge < -0.3 is 49.9 Å². The normalized spacial score (nSPS) is 12.1. The predicted octanol–water partition coefficient (Wildman–Crippen LogP) is 0.423. The van der Waals surface area contributed by atoms with Crippen molar-refractivity contribution in [3.8, 4) is 0 Å². The van der Waals surface area contributed by atoms with Crippen LogP contribution >= 0.6 is 0 Å². The summed E-state index contributed by atoms with van der Waals surface area (Å²) in [5.74, 6) is -0.683. The van der Waals surface area contributed by atoms with Crippen LogP contribution in [0.15, 0.2) is 0 Å². The molecule has 0 spiro atoms. The minimum Gasteiger partial charge on any atom is -0.442 e. The first-order valence-electron chi connectivity index (χ1n) is 15.9. The number of rotatable bonds is 32. The summed E-state index contributed by atoms with van der Waals surface area (Å²) in [6, 6.07) is -0.824. The highest BCUT2D eigenvalue weighted by molar-refractivity contribution is 5.90. The molecular weight excluding hydrogens is 608 g/mol. The predicted molar refractivity (Wildman–Crippen MR) is 168 cm³/mol.